The molecule has 1 unspecified atom stereocenters. The molecule has 3 rings (SSSR count). The fraction of sp³-hybridized carbons (Fsp3) is 0.556. The third-order valence-electron chi connectivity index (χ3n) is 4.40. The third-order valence-corrected chi connectivity index (χ3v) is 5.21. The van der Waals surface area contributed by atoms with Gasteiger partial charge in [-0.1, -0.05) is 6.92 Å². The van der Waals surface area contributed by atoms with E-state index in [1.165, 1.54) is 16.0 Å². The second kappa shape index (κ2) is 8.52. The summed E-state index contributed by atoms with van der Waals surface area (Å²) >= 11 is 1.17. The van der Waals surface area contributed by atoms with E-state index in [9.17, 15) is 22.8 Å². The van der Waals surface area contributed by atoms with Gasteiger partial charge in [0.15, 0.2) is 10.8 Å². The molecule has 1 fully saturated rings. The Hall–Kier alpha value is -2.43. The van der Waals surface area contributed by atoms with Crippen LogP contribution in [0.5, 0.6) is 0 Å². The molecule has 1 amide bonds. The summed E-state index contributed by atoms with van der Waals surface area (Å²) in [7, 11) is 0. The van der Waals surface area contributed by atoms with Gasteiger partial charge in [-0.3, -0.25) is 14.3 Å². The Morgan fingerprint density at radius 1 is 1.41 bits per heavy atom. The number of thiazole rings is 1. The van der Waals surface area contributed by atoms with Crippen LogP contribution in [0.15, 0.2) is 11.4 Å². The summed E-state index contributed by atoms with van der Waals surface area (Å²) in [6.45, 7) is 3.64. The lowest BCUT2D eigenvalue weighted by molar-refractivity contribution is -0.142. The summed E-state index contributed by atoms with van der Waals surface area (Å²) in [4.78, 5) is 28.1. The Kier molecular flexibility index (Phi) is 6.25. The number of alkyl halides is 3. The summed E-state index contributed by atoms with van der Waals surface area (Å²) in [6, 6.07) is 1.07. The van der Waals surface area contributed by atoms with Crippen LogP contribution in [-0.2, 0) is 33.5 Å². The van der Waals surface area contributed by atoms with E-state index in [0.717, 1.165) is 18.9 Å². The number of hydrogen-bond donors (Lipinski definition) is 1. The maximum absolute atomic E-state index is 13.0. The van der Waals surface area contributed by atoms with Crippen LogP contribution in [0.25, 0.3) is 0 Å². The number of anilines is 1. The van der Waals surface area contributed by atoms with E-state index < -0.39 is 23.8 Å². The fourth-order valence-corrected chi connectivity index (χ4v) is 3.51. The van der Waals surface area contributed by atoms with Crippen LogP contribution in [0.2, 0.25) is 0 Å². The van der Waals surface area contributed by atoms with Crippen molar-refractivity contribution in [2.45, 2.75) is 51.7 Å². The molecule has 2 aromatic rings. The van der Waals surface area contributed by atoms with E-state index in [-0.39, 0.29) is 31.4 Å². The largest absolute Gasteiger partial charge is 0.466 e. The quantitative estimate of drug-likeness (QED) is 0.647. The zero-order valence-corrected chi connectivity index (χ0v) is 16.8. The van der Waals surface area contributed by atoms with Gasteiger partial charge in [0.25, 0.3) is 0 Å². The highest BCUT2D eigenvalue weighted by Crippen LogP contribution is 2.42. The highest BCUT2D eigenvalue weighted by Gasteiger charge is 2.38. The Bertz CT molecular complexity index is 889. The third kappa shape index (κ3) is 5.55. The summed E-state index contributed by atoms with van der Waals surface area (Å²) in [5.74, 6) is -1.34. The van der Waals surface area contributed by atoms with Gasteiger partial charge < -0.3 is 10.1 Å². The van der Waals surface area contributed by atoms with Crippen LogP contribution in [-0.4, -0.2) is 33.2 Å². The van der Waals surface area contributed by atoms with Gasteiger partial charge in [-0.05, 0) is 25.8 Å². The number of halogens is 3. The van der Waals surface area contributed by atoms with Crippen molar-refractivity contribution in [2.24, 2.45) is 5.92 Å². The highest BCUT2D eigenvalue weighted by atomic mass is 32.1. The van der Waals surface area contributed by atoms with Gasteiger partial charge in [0.2, 0.25) is 5.91 Å². The first-order valence-electron chi connectivity index (χ1n) is 9.23. The van der Waals surface area contributed by atoms with Gasteiger partial charge in [0.05, 0.1) is 31.2 Å². The van der Waals surface area contributed by atoms with E-state index in [0.29, 0.717) is 16.5 Å². The zero-order chi connectivity index (χ0) is 21.2. The lowest BCUT2D eigenvalue weighted by atomic mass is 10.1. The van der Waals surface area contributed by atoms with Crippen LogP contribution in [0, 0.1) is 5.92 Å². The normalized spacial score (nSPS) is 15.2. The molecule has 2 heterocycles. The Morgan fingerprint density at radius 3 is 2.76 bits per heavy atom. The summed E-state index contributed by atoms with van der Waals surface area (Å²) in [5, 5.41) is 8.28. The van der Waals surface area contributed by atoms with E-state index in [1.54, 1.807) is 19.2 Å². The molecule has 1 aliphatic carbocycles. The highest BCUT2D eigenvalue weighted by molar-refractivity contribution is 7.13. The van der Waals surface area contributed by atoms with Crippen LogP contribution in [0.1, 0.15) is 49.7 Å². The minimum atomic E-state index is -4.52. The first-order valence-corrected chi connectivity index (χ1v) is 10.1. The fourth-order valence-electron chi connectivity index (χ4n) is 2.80. The molecule has 29 heavy (non-hydrogen) atoms. The monoisotopic (exact) mass is 430 g/mol. The minimum absolute atomic E-state index is 0.00796. The van der Waals surface area contributed by atoms with Crippen molar-refractivity contribution in [2.75, 3.05) is 11.9 Å². The maximum atomic E-state index is 13.0. The molecule has 2 aromatic heterocycles. The van der Waals surface area contributed by atoms with E-state index >= 15 is 0 Å². The van der Waals surface area contributed by atoms with E-state index in [4.69, 9.17) is 4.74 Å². The molecule has 7 nitrogen and oxygen atoms in total. The summed E-state index contributed by atoms with van der Waals surface area (Å²) < 4.78 is 45.1. The topological polar surface area (TPSA) is 86.1 Å². The molecule has 0 saturated heterocycles. The van der Waals surface area contributed by atoms with Crippen molar-refractivity contribution in [3.05, 3.63) is 28.5 Å². The number of nitrogens with one attached hydrogen (secondary N) is 1. The number of aromatic nitrogens is 3. The molecule has 158 valence electrons. The van der Waals surface area contributed by atoms with Crippen molar-refractivity contribution in [1.29, 1.82) is 0 Å². The number of carbonyl (C=O) groups is 2. The van der Waals surface area contributed by atoms with Crippen LogP contribution in [0.3, 0.4) is 0 Å². The first kappa shape index (κ1) is 21.3. The molecular formula is C18H21F3N4O3S. The molecule has 0 radical (unpaired) electrons. The average Bonchev–Trinajstić information content (AvgIpc) is 3.23. The Balaban J connectivity index is 1.62. The molecule has 11 heteroatoms. The Labute approximate surface area is 169 Å². The number of amides is 1. The second-order valence-electron chi connectivity index (χ2n) is 6.92. The minimum Gasteiger partial charge on any atom is -0.466 e. The van der Waals surface area contributed by atoms with Crippen LogP contribution < -0.4 is 5.32 Å². The number of esters is 1. The van der Waals surface area contributed by atoms with Crippen molar-refractivity contribution in [3.63, 3.8) is 0 Å². The van der Waals surface area contributed by atoms with Crippen molar-refractivity contribution < 1.29 is 27.5 Å². The van der Waals surface area contributed by atoms with E-state index in [2.05, 4.69) is 15.4 Å². The van der Waals surface area contributed by atoms with Crippen LogP contribution >= 0.6 is 11.3 Å². The first-order chi connectivity index (χ1) is 13.7. The van der Waals surface area contributed by atoms with Gasteiger partial charge in [-0.15, -0.1) is 11.3 Å². The smallest absolute Gasteiger partial charge is 0.435 e. The number of nitrogens with zero attached hydrogens (tertiary/aromatic N) is 3. The van der Waals surface area contributed by atoms with Gasteiger partial charge in [-0.2, -0.15) is 18.3 Å². The number of carbonyl (C=O) groups excluding carboxylic acids is 2. The van der Waals surface area contributed by atoms with Crippen LogP contribution in [0.4, 0.5) is 18.3 Å². The summed E-state index contributed by atoms with van der Waals surface area (Å²) in [6.07, 6.45) is -2.86. The molecule has 1 N–H and O–H groups in total. The Morgan fingerprint density at radius 2 is 2.14 bits per heavy atom. The van der Waals surface area contributed by atoms with Gasteiger partial charge in [0.1, 0.15) is 0 Å². The molecule has 0 aromatic carbocycles. The molecule has 1 aliphatic rings. The molecule has 0 spiro atoms. The molecule has 1 saturated carbocycles. The standard InChI is InChI=1S/C18H21F3N4O3S/c1-3-28-15(26)6-12-9-29-17(22-12)23-16(27)10(2)8-25-13(11-4-5-11)7-14(24-25)18(19,20)21/h7,9-11H,3-6,8H2,1-2H3,(H,22,23,27). The van der Waals surface area contributed by atoms with Gasteiger partial charge in [-0.25, -0.2) is 4.98 Å². The van der Waals surface area contributed by atoms with Crippen molar-refractivity contribution in [1.82, 2.24) is 14.8 Å². The molecule has 1 atom stereocenters. The van der Waals surface area contributed by atoms with Crippen molar-refractivity contribution in [3.8, 4) is 0 Å². The molecular weight excluding hydrogens is 409 g/mol. The van der Waals surface area contributed by atoms with Crippen molar-refractivity contribution >= 4 is 28.3 Å². The van der Waals surface area contributed by atoms with Gasteiger partial charge >= 0.3 is 12.1 Å². The average molecular weight is 430 g/mol. The summed E-state index contributed by atoms with van der Waals surface area (Å²) in [5.41, 5.74) is 0.0628. The van der Waals surface area contributed by atoms with E-state index in [1.807, 2.05) is 0 Å². The van der Waals surface area contributed by atoms with Gasteiger partial charge in [0, 0.05) is 17.0 Å². The second-order valence-corrected chi connectivity index (χ2v) is 7.78. The lowest BCUT2D eigenvalue weighted by Gasteiger charge is -2.13. The number of hydrogen-bond acceptors (Lipinski definition) is 6. The maximum Gasteiger partial charge on any atom is 0.435 e. The number of rotatable bonds is 8. The predicted octanol–water partition coefficient (Wildman–Crippen LogP) is 3.62. The zero-order valence-electron chi connectivity index (χ0n) is 16.0. The lowest BCUT2D eigenvalue weighted by Crippen LogP contribution is -2.25. The SMILES string of the molecule is CCOC(=O)Cc1csc(NC(=O)C(C)Cn2nc(C(F)(F)F)cc2C2CC2)n1. The predicted molar refractivity (Wildman–Crippen MR) is 99.4 cm³/mol. The molecule has 0 bridgehead atoms. The molecule has 0 aliphatic heterocycles. The number of ether oxygens (including phenoxy) is 1.